The van der Waals surface area contributed by atoms with Crippen molar-refractivity contribution in [2.24, 2.45) is 0 Å². The second kappa shape index (κ2) is 4.96. The Labute approximate surface area is 111 Å². The SMILES string of the molecule is O=C(c1cc(O)c(O)c([N+](=O)[O-])c1)c1ccccc1[18F]. The Balaban J connectivity index is 2.57. The maximum absolute atomic E-state index is 13.5. The van der Waals surface area contributed by atoms with Crippen molar-refractivity contribution in [1.29, 1.82) is 0 Å². The molecule has 0 bridgehead atoms. The molecule has 0 aliphatic rings. The number of nitrogens with zero attached hydrogens (tertiary/aromatic N) is 1. The summed E-state index contributed by atoms with van der Waals surface area (Å²) in [4.78, 5) is 21.8. The van der Waals surface area contributed by atoms with Crippen LogP contribution in [0.5, 0.6) is 11.5 Å². The van der Waals surface area contributed by atoms with Gasteiger partial charge >= 0.3 is 5.69 Å². The Kier molecular flexibility index (Phi) is 3.34. The normalized spacial score (nSPS) is 10.2. The minimum atomic E-state index is -0.951. The molecule has 2 N–H and O–H groups in total. The number of rotatable bonds is 3. The lowest BCUT2D eigenvalue weighted by Crippen LogP contribution is -2.05. The molecule has 0 heterocycles. The van der Waals surface area contributed by atoms with Crippen molar-refractivity contribution in [3.8, 4) is 11.5 Å². The predicted molar refractivity (Wildman–Crippen MR) is 66.3 cm³/mol. The third-order valence-electron chi connectivity index (χ3n) is 2.65. The molecule has 2 rings (SSSR count). The largest absolute Gasteiger partial charge is 0.504 e. The van der Waals surface area contributed by atoms with Gasteiger partial charge in [-0.2, -0.15) is 0 Å². The van der Waals surface area contributed by atoms with Crippen LogP contribution in [0, 0.1) is 15.9 Å². The minimum Gasteiger partial charge on any atom is -0.504 e. The zero-order chi connectivity index (χ0) is 14.9. The van der Waals surface area contributed by atoms with E-state index in [0.717, 1.165) is 18.2 Å². The van der Waals surface area contributed by atoms with E-state index in [1.165, 1.54) is 18.2 Å². The van der Waals surface area contributed by atoms with E-state index in [1.807, 2.05) is 0 Å². The number of aromatic hydroxyl groups is 2. The molecule has 0 unspecified atom stereocenters. The fourth-order valence-electron chi connectivity index (χ4n) is 1.68. The van der Waals surface area contributed by atoms with Gasteiger partial charge in [0, 0.05) is 11.6 Å². The summed E-state index contributed by atoms with van der Waals surface area (Å²) >= 11 is 0. The molecule has 0 aromatic heterocycles. The summed E-state index contributed by atoms with van der Waals surface area (Å²) in [6.07, 6.45) is 0. The first-order valence-electron chi connectivity index (χ1n) is 5.41. The Bertz CT molecular complexity index is 714. The minimum absolute atomic E-state index is 0.285. The van der Waals surface area contributed by atoms with E-state index in [-0.39, 0.29) is 11.1 Å². The lowest BCUT2D eigenvalue weighted by Gasteiger charge is -2.05. The molecule has 0 aliphatic heterocycles. The number of phenols is 2. The first kappa shape index (κ1) is 13.5. The molecule has 2 aromatic carbocycles. The second-order valence-electron chi connectivity index (χ2n) is 3.93. The van der Waals surface area contributed by atoms with Gasteiger partial charge in [0.25, 0.3) is 0 Å². The van der Waals surface area contributed by atoms with E-state index < -0.39 is 33.7 Å². The molecule has 6 nitrogen and oxygen atoms in total. The molecular formula is C13H8FNO5. The molecule has 0 radical (unpaired) electrons. The van der Waals surface area contributed by atoms with Crippen molar-refractivity contribution in [2.75, 3.05) is 0 Å². The monoisotopic (exact) mass is 276 g/mol. The van der Waals surface area contributed by atoms with Crippen LogP contribution in [0.3, 0.4) is 0 Å². The summed E-state index contributed by atoms with van der Waals surface area (Å²) in [6, 6.07) is 6.74. The molecule has 102 valence electrons. The topological polar surface area (TPSA) is 101 Å². The second-order valence-corrected chi connectivity index (χ2v) is 3.93. The van der Waals surface area contributed by atoms with Crippen molar-refractivity contribution in [2.45, 2.75) is 0 Å². The highest BCUT2D eigenvalue weighted by Gasteiger charge is 2.23. The van der Waals surface area contributed by atoms with Gasteiger partial charge in [-0.3, -0.25) is 14.9 Å². The molecule has 0 saturated carbocycles. The molecular weight excluding hydrogens is 268 g/mol. The van der Waals surface area contributed by atoms with E-state index in [1.54, 1.807) is 0 Å². The number of hydrogen-bond acceptors (Lipinski definition) is 5. The lowest BCUT2D eigenvalue weighted by molar-refractivity contribution is -0.386. The summed E-state index contributed by atoms with van der Waals surface area (Å²) in [5.74, 6) is -3.38. The highest BCUT2D eigenvalue weighted by molar-refractivity contribution is 6.10. The van der Waals surface area contributed by atoms with Crippen LogP contribution in [0.25, 0.3) is 0 Å². The number of carbonyl (C=O) groups is 1. The average Bonchev–Trinajstić information content (AvgIpc) is 2.41. The quantitative estimate of drug-likeness (QED) is 0.388. The van der Waals surface area contributed by atoms with Gasteiger partial charge in [-0.15, -0.1) is 0 Å². The van der Waals surface area contributed by atoms with Gasteiger partial charge in [0.15, 0.2) is 11.5 Å². The first-order valence-corrected chi connectivity index (χ1v) is 5.41. The van der Waals surface area contributed by atoms with E-state index in [4.69, 9.17) is 0 Å². The van der Waals surface area contributed by atoms with Crippen molar-refractivity contribution in [3.05, 3.63) is 63.5 Å². The van der Waals surface area contributed by atoms with Crippen LogP contribution in [-0.2, 0) is 0 Å². The highest BCUT2D eigenvalue weighted by Crippen LogP contribution is 2.36. The Morgan fingerprint density at radius 2 is 1.85 bits per heavy atom. The Hall–Kier alpha value is -2.96. The van der Waals surface area contributed by atoms with Crippen LogP contribution >= 0.6 is 0 Å². The molecule has 0 amide bonds. The van der Waals surface area contributed by atoms with E-state index in [0.29, 0.717) is 0 Å². The molecule has 20 heavy (non-hydrogen) atoms. The molecule has 2 aromatic rings. The summed E-state index contributed by atoms with van der Waals surface area (Å²) in [5.41, 5.74) is -1.41. The number of nitro benzene ring substituents is 1. The average molecular weight is 276 g/mol. The molecule has 0 aliphatic carbocycles. The number of carbonyl (C=O) groups excluding carboxylic acids is 1. The van der Waals surface area contributed by atoms with Gasteiger partial charge in [0.05, 0.1) is 10.5 Å². The number of benzene rings is 2. The third kappa shape index (κ3) is 2.28. The molecule has 0 atom stereocenters. The van der Waals surface area contributed by atoms with Crippen LogP contribution < -0.4 is 0 Å². The summed E-state index contributed by atoms with van der Waals surface area (Å²) in [7, 11) is 0. The van der Waals surface area contributed by atoms with E-state index in [2.05, 4.69) is 0 Å². The number of hydrogen-bond donors (Lipinski definition) is 2. The highest BCUT2D eigenvalue weighted by atomic mass is 18.2. The summed E-state index contributed by atoms with van der Waals surface area (Å²) in [6.45, 7) is 0. The zero-order valence-corrected chi connectivity index (χ0v) is 9.91. The van der Waals surface area contributed by atoms with Gasteiger partial charge in [-0.1, -0.05) is 12.1 Å². The standard InChI is InChI=1S/C13H8FNO5/c14-9-4-2-1-3-8(9)12(17)7-5-10(15(19)20)13(18)11(16)6-7/h1-6,16,18H/i14-1. The Morgan fingerprint density at radius 3 is 2.45 bits per heavy atom. The van der Waals surface area contributed by atoms with Crippen molar-refractivity contribution >= 4 is 11.5 Å². The van der Waals surface area contributed by atoms with Crippen LogP contribution in [0.4, 0.5) is 10.1 Å². The van der Waals surface area contributed by atoms with Crippen LogP contribution in [0.15, 0.2) is 36.4 Å². The van der Waals surface area contributed by atoms with Crippen molar-refractivity contribution in [3.63, 3.8) is 0 Å². The van der Waals surface area contributed by atoms with E-state index >= 15 is 0 Å². The van der Waals surface area contributed by atoms with Gasteiger partial charge in [0.2, 0.25) is 5.75 Å². The first-order chi connectivity index (χ1) is 9.41. The lowest BCUT2D eigenvalue weighted by atomic mass is 10.0. The number of halogens is 1. The van der Waals surface area contributed by atoms with E-state index in [9.17, 15) is 29.5 Å². The zero-order valence-electron chi connectivity index (χ0n) is 9.91. The van der Waals surface area contributed by atoms with Gasteiger partial charge in [0.1, 0.15) is 5.82 Å². The number of ketones is 1. The van der Waals surface area contributed by atoms with Crippen LogP contribution in [0.2, 0.25) is 0 Å². The predicted octanol–water partition coefficient (Wildman–Crippen LogP) is 2.38. The van der Waals surface area contributed by atoms with Gasteiger partial charge < -0.3 is 10.2 Å². The van der Waals surface area contributed by atoms with Crippen LogP contribution in [0.1, 0.15) is 15.9 Å². The maximum Gasteiger partial charge on any atom is 0.315 e. The fourth-order valence-corrected chi connectivity index (χ4v) is 1.68. The van der Waals surface area contributed by atoms with Crippen LogP contribution in [-0.4, -0.2) is 20.9 Å². The Morgan fingerprint density at radius 1 is 1.20 bits per heavy atom. The number of nitro groups is 1. The molecule has 0 saturated heterocycles. The smallest absolute Gasteiger partial charge is 0.315 e. The third-order valence-corrected chi connectivity index (χ3v) is 2.65. The summed E-state index contributed by atoms with van der Waals surface area (Å²) in [5, 5.41) is 29.4. The maximum atomic E-state index is 13.5. The van der Waals surface area contributed by atoms with Gasteiger partial charge in [-0.25, -0.2) is 4.39 Å². The molecule has 0 fully saturated rings. The fraction of sp³-hybridized carbons (Fsp3) is 0. The van der Waals surface area contributed by atoms with Crippen molar-refractivity contribution < 1.29 is 24.3 Å². The van der Waals surface area contributed by atoms with Gasteiger partial charge in [-0.05, 0) is 18.2 Å². The summed E-state index contributed by atoms with van der Waals surface area (Å²) < 4.78 is 13.5. The molecule has 0 spiro atoms. The number of phenolic OH excluding ortho intramolecular Hbond substituents is 2. The molecule has 7 heteroatoms. The van der Waals surface area contributed by atoms with Crippen molar-refractivity contribution in [1.82, 2.24) is 0 Å².